The molecule has 0 spiro atoms. The van der Waals surface area contributed by atoms with Crippen LogP contribution in [0.3, 0.4) is 0 Å². The van der Waals surface area contributed by atoms with Gasteiger partial charge in [-0.15, -0.1) is 0 Å². The number of fused-ring (bicyclic) bond motifs is 2. The number of hydrogen-bond donors (Lipinski definition) is 2. The Morgan fingerprint density at radius 2 is 2.11 bits per heavy atom. The lowest BCUT2D eigenvalue weighted by molar-refractivity contribution is -0.331. The smallest absolute Gasteiger partial charge is 0.333 e. The van der Waals surface area contributed by atoms with Crippen LogP contribution >= 0.6 is 0 Å². The van der Waals surface area contributed by atoms with E-state index in [9.17, 15) is 19.8 Å². The molecule has 0 unspecified atom stereocenters. The fourth-order valence-corrected chi connectivity index (χ4v) is 7.67. The van der Waals surface area contributed by atoms with Gasteiger partial charge < -0.3 is 24.4 Å². The predicted molar refractivity (Wildman–Crippen MR) is 95.3 cm³/mol. The average Bonchev–Trinajstić information content (AvgIpc) is 2.98. The van der Waals surface area contributed by atoms with Crippen molar-refractivity contribution in [3.63, 3.8) is 0 Å². The molecule has 3 aliphatic carbocycles. The summed E-state index contributed by atoms with van der Waals surface area (Å²) in [6.45, 7) is 2.20. The first-order valence-corrected chi connectivity index (χ1v) is 10.3. The molecule has 4 fully saturated rings. The first-order valence-electron chi connectivity index (χ1n) is 10.3. The minimum atomic E-state index is -1.61. The predicted octanol–water partition coefficient (Wildman–Crippen LogP) is 1.52. The molecule has 8 atom stereocenters. The lowest BCUT2D eigenvalue weighted by Gasteiger charge is -2.67. The van der Waals surface area contributed by atoms with E-state index >= 15 is 0 Å². The van der Waals surface area contributed by atoms with Gasteiger partial charge in [0.05, 0.1) is 19.1 Å². The molecule has 0 aromatic rings. The van der Waals surface area contributed by atoms with Crippen LogP contribution in [0.15, 0.2) is 11.6 Å². The molecule has 7 nitrogen and oxygen atoms in total. The number of carbonyl (C=O) groups excluding carboxylic acids is 2. The van der Waals surface area contributed by atoms with Gasteiger partial charge in [-0.1, -0.05) is 13.3 Å². The lowest BCUT2D eigenvalue weighted by Crippen LogP contribution is -2.69. The van der Waals surface area contributed by atoms with E-state index in [4.69, 9.17) is 14.2 Å². The Morgan fingerprint density at radius 3 is 2.86 bits per heavy atom. The van der Waals surface area contributed by atoms with Crippen LogP contribution in [0, 0.1) is 34.5 Å². The number of rotatable bonds is 1. The zero-order valence-electron chi connectivity index (χ0n) is 16.3. The molecule has 3 saturated carbocycles. The summed E-state index contributed by atoms with van der Waals surface area (Å²) in [7, 11) is 1.41. The highest BCUT2D eigenvalue weighted by Crippen LogP contribution is 2.69. The third-order valence-corrected chi connectivity index (χ3v) is 8.72. The minimum absolute atomic E-state index is 0.0332. The molecule has 0 amide bonds. The highest BCUT2D eigenvalue weighted by molar-refractivity contribution is 5.86. The first kappa shape index (κ1) is 18.6. The fourth-order valence-electron chi connectivity index (χ4n) is 7.67. The highest BCUT2D eigenvalue weighted by atomic mass is 16.7. The molecule has 0 radical (unpaired) electrons. The summed E-state index contributed by atoms with van der Waals surface area (Å²) < 4.78 is 16.3. The Morgan fingerprint density at radius 1 is 1.32 bits per heavy atom. The lowest BCUT2D eigenvalue weighted by atomic mass is 9.40. The number of hydrogen-bond acceptors (Lipinski definition) is 7. The van der Waals surface area contributed by atoms with Crippen LogP contribution in [-0.4, -0.2) is 47.9 Å². The van der Waals surface area contributed by atoms with Crippen molar-refractivity contribution in [2.24, 2.45) is 34.5 Å². The Hall–Kier alpha value is -1.44. The quantitative estimate of drug-likeness (QED) is 0.652. The molecule has 2 aliphatic heterocycles. The maximum atomic E-state index is 12.9. The fraction of sp³-hybridized carbons (Fsp3) is 0.810. The Balaban J connectivity index is 1.61. The van der Waals surface area contributed by atoms with Gasteiger partial charge in [0.2, 0.25) is 5.79 Å². The van der Waals surface area contributed by atoms with Crippen molar-refractivity contribution in [3.8, 4) is 0 Å². The SMILES string of the molecule is COC(=O)[C@@]12CCC[C@]3([C@@H](O)OC1)[C@H]1C[C@@]4(O)OC(=O)C=C4[C@H](C)[C@@H]1CC[C@@H]23. The maximum absolute atomic E-state index is 12.9. The van der Waals surface area contributed by atoms with Gasteiger partial charge in [-0.2, -0.15) is 0 Å². The van der Waals surface area contributed by atoms with E-state index < -0.39 is 28.9 Å². The molecule has 5 rings (SSSR count). The number of ether oxygens (including phenoxy) is 3. The summed E-state index contributed by atoms with van der Waals surface area (Å²) in [6, 6.07) is 0. The summed E-state index contributed by atoms with van der Waals surface area (Å²) in [5, 5.41) is 22.3. The van der Waals surface area contributed by atoms with Gasteiger partial charge >= 0.3 is 11.9 Å². The van der Waals surface area contributed by atoms with Gasteiger partial charge in [0.1, 0.15) is 0 Å². The molecule has 154 valence electrons. The molecule has 5 aliphatic rings. The zero-order chi connectivity index (χ0) is 19.9. The standard InChI is InChI=1S/C21H28O7/c1-11-12-4-5-15-19(17(23)26-2)6-3-7-20(15,18(24)27-10-19)14(12)9-21(25)13(11)8-16(22)28-21/h8,11-12,14-15,18,24-25H,3-7,9-10H2,1-2H3/t11-,12+,14+,15+,18+,19+,20+,21-/m1/s1. The summed E-state index contributed by atoms with van der Waals surface area (Å²) in [4.78, 5) is 24.8. The minimum Gasteiger partial charge on any atom is -0.469 e. The summed E-state index contributed by atoms with van der Waals surface area (Å²) in [6.07, 6.45) is 4.58. The number of aliphatic hydroxyl groups excluding tert-OH is 1. The zero-order valence-corrected chi connectivity index (χ0v) is 16.3. The number of carbonyl (C=O) groups is 2. The normalized spacial score (nSPS) is 51.9. The molecule has 2 N–H and O–H groups in total. The monoisotopic (exact) mass is 392 g/mol. The Labute approximate surface area is 164 Å². The second-order valence-electron chi connectivity index (χ2n) is 9.48. The van der Waals surface area contributed by atoms with Crippen molar-refractivity contribution in [2.75, 3.05) is 13.7 Å². The van der Waals surface area contributed by atoms with Crippen LogP contribution in [0.1, 0.15) is 45.4 Å². The number of methoxy groups -OCH3 is 1. The van der Waals surface area contributed by atoms with Crippen LogP contribution in [0.25, 0.3) is 0 Å². The van der Waals surface area contributed by atoms with Crippen molar-refractivity contribution in [1.82, 2.24) is 0 Å². The van der Waals surface area contributed by atoms with E-state index in [-0.39, 0.29) is 42.7 Å². The van der Waals surface area contributed by atoms with Crippen molar-refractivity contribution >= 4 is 11.9 Å². The summed E-state index contributed by atoms with van der Waals surface area (Å²) >= 11 is 0. The van der Waals surface area contributed by atoms with Gasteiger partial charge in [-0.25, -0.2) is 4.79 Å². The van der Waals surface area contributed by atoms with E-state index in [2.05, 4.69) is 0 Å². The molecule has 0 aromatic heterocycles. The van der Waals surface area contributed by atoms with Gasteiger partial charge in [0, 0.05) is 23.5 Å². The van der Waals surface area contributed by atoms with E-state index in [1.54, 1.807) is 0 Å². The summed E-state index contributed by atoms with van der Waals surface area (Å²) in [5.41, 5.74) is -0.737. The Bertz CT molecular complexity index is 762. The Kier molecular flexibility index (Phi) is 3.85. The first-order chi connectivity index (χ1) is 13.3. The highest BCUT2D eigenvalue weighted by Gasteiger charge is 2.71. The maximum Gasteiger partial charge on any atom is 0.333 e. The van der Waals surface area contributed by atoms with Crippen molar-refractivity contribution in [2.45, 2.75) is 57.5 Å². The van der Waals surface area contributed by atoms with Crippen LogP contribution < -0.4 is 0 Å². The molecule has 7 heteroatoms. The van der Waals surface area contributed by atoms with Crippen molar-refractivity contribution in [1.29, 1.82) is 0 Å². The molecule has 28 heavy (non-hydrogen) atoms. The van der Waals surface area contributed by atoms with Gasteiger partial charge in [0.15, 0.2) is 6.29 Å². The van der Waals surface area contributed by atoms with Gasteiger partial charge in [-0.3, -0.25) is 4.79 Å². The van der Waals surface area contributed by atoms with E-state index in [0.717, 1.165) is 25.7 Å². The molecule has 2 bridgehead atoms. The summed E-state index contributed by atoms with van der Waals surface area (Å²) in [5.74, 6) is -2.39. The van der Waals surface area contributed by atoms with Crippen LogP contribution in [-0.2, 0) is 23.8 Å². The molecule has 2 heterocycles. The van der Waals surface area contributed by atoms with E-state index in [1.165, 1.54) is 13.2 Å². The molecular weight excluding hydrogens is 364 g/mol. The topological polar surface area (TPSA) is 102 Å². The van der Waals surface area contributed by atoms with E-state index in [0.29, 0.717) is 12.0 Å². The number of esters is 2. The molecule has 0 aromatic carbocycles. The third-order valence-electron chi connectivity index (χ3n) is 8.72. The van der Waals surface area contributed by atoms with Gasteiger partial charge in [0.25, 0.3) is 0 Å². The largest absolute Gasteiger partial charge is 0.469 e. The van der Waals surface area contributed by atoms with Crippen molar-refractivity contribution in [3.05, 3.63) is 11.6 Å². The van der Waals surface area contributed by atoms with Gasteiger partial charge in [-0.05, 0) is 49.4 Å². The van der Waals surface area contributed by atoms with E-state index in [1.807, 2.05) is 6.92 Å². The average molecular weight is 392 g/mol. The third kappa shape index (κ3) is 2.05. The molecular formula is C21H28O7. The van der Waals surface area contributed by atoms with Crippen LogP contribution in [0.4, 0.5) is 0 Å². The number of aliphatic hydroxyl groups is 2. The van der Waals surface area contributed by atoms with Crippen LogP contribution in [0.2, 0.25) is 0 Å². The second-order valence-corrected chi connectivity index (χ2v) is 9.48. The van der Waals surface area contributed by atoms with Crippen molar-refractivity contribution < 1.29 is 34.0 Å². The second kappa shape index (κ2) is 5.80. The van der Waals surface area contributed by atoms with Crippen LogP contribution in [0.5, 0.6) is 0 Å². The molecule has 1 saturated heterocycles.